The van der Waals surface area contributed by atoms with E-state index in [9.17, 15) is 14.4 Å². The van der Waals surface area contributed by atoms with Crippen LogP contribution in [0.15, 0.2) is 41.3 Å². The molecule has 0 aliphatic rings. The number of carbonyl (C=O) groups excluding carboxylic acids is 2. The van der Waals surface area contributed by atoms with Crippen LogP contribution in [0.3, 0.4) is 0 Å². The van der Waals surface area contributed by atoms with Crippen LogP contribution in [0.2, 0.25) is 0 Å². The third kappa shape index (κ3) is 3.27. The third-order valence-corrected chi connectivity index (χ3v) is 2.77. The molecule has 1 aromatic carbocycles. The number of aromatic amines is 1. The molecule has 0 unspecified atom stereocenters. The number of nitrogens with one attached hydrogen (secondary N) is 2. The fraction of sp³-hybridized carbons (Fsp3) is 0.0714. The van der Waals surface area contributed by atoms with Gasteiger partial charge in [-0.3, -0.25) is 14.4 Å². The minimum absolute atomic E-state index is 0.0970. The minimum atomic E-state index is -0.549. The zero-order valence-electron chi connectivity index (χ0n) is 11.2. The number of anilines is 1. The monoisotopic (exact) mass is 287 g/mol. The first-order chi connectivity index (χ1) is 10.0. The van der Waals surface area contributed by atoms with Gasteiger partial charge in [0.15, 0.2) is 5.75 Å². The number of hydrogen-bond acceptors (Lipinski definition) is 4. The lowest BCUT2D eigenvalue weighted by molar-refractivity contribution is 0.0998. The Hall–Kier alpha value is -3.09. The molecule has 2 amide bonds. The van der Waals surface area contributed by atoms with Gasteiger partial charge in [0.2, 0.25) is 11.3 Å². The number of ether oxygens (including phenoxy) is 1. The Balaban J connectivity index is 2.16. The van der Waals surface area contributed by atoms with E-state index in [0.717, 1.165) is 6.07 Å². The van der Waals surface area contributed by atoms with E-state index in [1.54, 1.807) is 12.1 Å². The van der Waals surface area contributed by atoms with Crippen LogP contribution in [0.25, 0.3) is 0 Å². The lowest BCUT2D eigenvalue weighted by Crippen LogP contribution is -2.17. The van der Waals surface area contributed by atoms with Crippen molar-refractivity contribution in [1.29, 1.82) is 0 Å². The van der Waals surface area contributed by atoms with Gasteiger partial charge in [0.25, 0.3) is 5.91 Å². The predicted octanol–water partition coefficient (Wildman–Crippen LogP) is 0.735. The van der Waals surface area contributed by atoms with E-state index < -0.39 is 17.2 Å². The third-order valence-electron chi connectivity index (χ3n) is 2.77. The molecule has 0 radical (unpaired) electrons. The van der Waals surface area contributed by atoms with Gasteiger partial charge in [-0.25, -0.2) is 0 Å². The first-order valence-corrected chi connectivity index (χ1v) is 5.99. The van der Waals surface area contributed by atoms with Gasteiger partial charge in [0, 0.05) is 23.5 Å². The van der Waals surface area contributed by atoms with Gasteiger partial charge < -0.3 is 20.8 Å². The number of nitrogens with two attached hydrogens (primary N) is 1. The van der Waals surface area contributed by atoms with Gasteiger partial charge in [0.05, 0.1) is 7.11 Å². The van der Waals surface area contributed by atoms with Crippen molar-refractivity contribution in [2.45, 2.75) is 0 Å². The molecular formula is C14H13N3O4. The molecule has 0 saturated carbocycles. The highest BCUT2D eigenvalue weighted by Gasteiger charge is 2.10. The summed E-state index contributed by atoms with van der Waals surface area (Å²) in [6, 6.07) is 7.22. The molecule has 2 rings (SSSR count). The average molecular weight is 287 g/mol. The minimum Gasteiger partial charge on any atom is -0.491 e. The summed E-state index contributed by atoms with van der Waals surface area (Å²) in [5, 5.41) is 2.59. The van der Waals surface area contributed by atoms with Crippen molar-refractivity contribution in [3.8, 4) is 5.75 Å². The van der Waals surface area contributed by atoms with E-state index in [0.29, 0.717) is 11.3 Å². The Morgan fingerprint density at radius 3 is 2.43 bits per heavy atom. The Kier molecular flexibility index (Phi) is 4.03. The smallest absolute Gasteiger partial charge is 0.272 e. The number of rotatable bonds is 4. The number of aromatic nitrogens is 1. The van der Waals surface area contributed by atoms with Gasteiger partial charge in [-0.05, 0) is 24.3 Å². The van der Waals surface area contributed by atoms with E-state index in [-0.39, 0.29) is 11.4 Å². The van der Waals surface area contributed by atoms with Gasteiger partial charge in [-0.1, -0.05) is 0 Å². The van der Waals surface area contributed by atoms with Crippen molar-refractivity contribution in [2.24, 2.45) is 5.73 Å². The van der Waals surface area contributed by atoms with Crippen LogP contribution in [0, 0.1) is 0 Å². The van der Waals surface area contributed by atoms with Crippen LogP contribution in [-0.2, 0) is 0 Å². The largest absolute Gasteiger partial charge is 0.491 e. The molecule has 108 valence electrons. The number of carbonyl (C=O) groups is 2. The first kappa shape index (κ1) is 14.3. The molecule has 1 aromatic heterocycles. The maximum atomic E-state index is 12.0. The van der Waals surface area contributed by atoms with Crippen LogP contribution in [0.4, 0.5) is 5.69 Å². The van der Waals surface area contributed by atoms with E-state index in [2.05, 4.69) is 10.3 Å². The van der Waals surface area contributed by atoms with Crippen molar-refractivity contribution >= 4 is 17.5 Å². The van der Waals surface area contributed by atoms with Gasteiger partial charge in [-0.2, -0.15) is 0 Å². The van der Waals surface area contributed by atoms with Crippen molar-refractivity contribution in [3.05, 3.63) is 58.0 Å². The number of hydrogen-bond donors (Lipinski definition) is 3. The van der Waals surface area contributed by atoms with Gasteiger partial charge in [0.1, 0.15) is 5.69 Å². The number of amides is 2. The van der Waals surface area contributed by atoms with Crippen LogP contribution >= 0.6 is 0 Å². The molecule has 0 bridgehead atoms. The molecule has 2 aromatic rings. The summed E-state index contributed by atoms with van der Waals surface area (Å²) in [4.78, 5) is 37.1. The summed E-state index contributed by atoms with van der Waals surface area (Å²) >= 11 is 0. The molecule has 0 fully saturated rings. The SMILES string of the molecule is COc1c[nH]c(C(=O)Nc2ccc(C(N)=O)cc2)cc1=O. The molecule has 21 heavy (non-hydrogen) atoms. The molecule has 1 heterocycles. The molecule has 7 nitrogen and oxygen atoms in total. The number of methoxy groups -OCH3 is 1. The number of pyridine rings is 1. The maximum Gasteiger partial charge on any atom is 0.272 e. The lowest BCUT2D eigenvalue weighted by atomic mass is 10.2. The van der Waals surface area contributed by atoms with E-state index in [1.807, 2.05) is 0 Å². The maximum absolute atomic E-state index is 12.0. The standard InChI is InChI=1S/C14H13N3O4/c1-21-12-7-16-10(6-11(12)18)14(20)17-9-4-2-8(3-5-9)13(15)19/h2-7H,1H3,(H2,15,19)(H,16,18)(H,17,20). The van der Waals surface area contributed by atoms with Crippen molar-refractivity contribution < 1.29 is 14.3 Å². The molecule has 7 heteroatoms. The van der Waals surface area contributed by atoms with E-state index in [4.69, 9.17) is 10.5 Å². The Bertz CT molecular complexity index is 735. The Morgan fingerprint density at radius 1 is 1.24 bits per heavy atom. The van der Waals surface area contributed by atoms with Crippen LogP contribution in [0.5, 0.6) is 5.75 Å². The van der Waals surface area contributed by atoms with Crippen LogP contribution in [-0.4, -0.2) is 23.9 Å². The molecule has 4 N–H and O–H groups in total. The van der Waals surface area contributed by atoms with Crippen molar-refractivity contribution in [2.75, 3.05) is 12.4 Å². The van der Waals surface area contributed by atoms with Gasteiger partial charge >= 0.3 is 0 Å². The Morgan fingerprint density at radius 2 is 1.90 bits per heavy atom. The summed E-state index contributed by atoms with van der Waals surface area (Å²) in [6.07, 6.45) is 1.31. The van der Waals surface area contributed by atoms with E-state index >= 15 is 0 Å². The highest BCUT2D eigenvalue weighted by molar-refractivity contribution is 6.03. The van der Waals surface area contributed by atoms with Crippen molar-refractivity contribution in [3.63, 3.8) is 0 Å². The van der Waals surface area contributed by atoms with Crippen molar-refractivity contribution in [1.82, 2.24) is 4.98 Å². The molecule has 0 spiro atoms. The number of H-pyrrole nitrogens is 1. The normalized spacial score (nSPS) is 9.95. The molecular weight excluding hydrogens is 274 g/mol. The predicted molar refractivity (Wildman–Crippen MR) is 76.5 cm³/mol. The second-order valence-electron chi connectivity index (χ2n) is 4.18. The quantitative estimate of drug-likeness (QED) is 0.769. The summed E-state index contributed by atoms with van der Waals surface area (Å²) in [5.74, 6) is -0.911. The van der Waals surface area contributed by atoms with E-state index in [1.165, 1.54) is 25.4 Å². The summed E-state index contributed by atoms with van der Waals surface area (Å²) in [6.45, 7) is 0. The van der Waals surface area contributed by atoms with Crippen LogP contribution < -0.4 is 21.2 Å². The average Bonchev–Trinajstić information content (AvgIpc) is 2.47. The lowest BCUT2D eigenvalue weighted by Gasteiger charge is -2.06. The molecule has 0 atom stereocenters. The second kappa shape index (κ2) is 5.91. The molecule has 0 aliphatic carbocycles. The summed E-state index contributed by atoms with van der Waals surface area (Å²) < 4.78 is 4.81. The fourth-order valence-corrected chi connectivity index (χ4v) is 1.67. The van der Waals surface area contributed by atoms with Gasteiger partial charge in [-0.15, -0.1) is 0 Å². The topological polar surface area (TPSA) is 114 Å². The number of primary amides is 1. The molecule has 0 aliphatic heterocycles. The molecule has 0 saturated heterocycles. The summed E-state index contributed by atoms with van der Waals surface area (Å²) in [5.41, 5.74) is 5.63. The first-order valence-electron chi connectivity index (χ1n) is 5.99. The van der Waals surface area contributed by atoms with Crippen LogP contribution in [0.1, 0.15) is 20.8 Å². The zero-order valence-corrected chi connectivity index (χ0v) is 11.2. The Labute approximate surface area is 119 Å². The highest BCUT2D eigenvalue weighted by atomic mass is 16.5. The fourth-order valence-electron chi connectivity index (χ4n) is 1.67. The second-order valence-corrected chi connectivity index (χ2v) is 4.18. The summed E-state index contributed by atoms with van der Waals surface area (Å²) in [7, 11) is 1.37. The highest BCUT2D eigenvalue weighted by Crippen LogP contribution is 2.10. The zero-order chi connectivity index (χ0) is 15.4. The number of benzene rings is 1.